The number of rotatable bonds is 4. The Bertz CT molecular complexity index is 1380. The summed E-state index contributed by atoms with van der Waals surface area (Å²) in [7, 11) is 0. The molecule has 2 nitrogen and oxygen atoms in total. The van der Waals surface area contributed by atoms with E-state index in [-0.39, 0.29) is 5.82 Å². The smallest absolute Gasteiger partial charge is 0.298 e. The van der Waals surface area contributed by atoms with Crippen LogP contribution in [0.15, 0.2) is 114 Å². The molecule has 0 saturated carbocycles. The number of hydrogen-bond acceptors (Lipinski definition) is 1. The molecule has 168 valence electrons. The molecule has 0 aliphatic heterocycles. The SMILES string of the molecule is FC(F)(F)c1cn(-c2c(-c3ccccc3)cccc2-c2ccccc2)c(-c2cccc(Br)c2)n1. The van der Waals surface area contributed by atoms with E-state index in [1.54, 1.807) is 22.8 Å². The Balaban J connectivity index is 1.87. The Morgan fingerprint density at radius 2 is 1.18 bits per heavy atom. The molecular formula is C28H18BrF3N2. The molecule has 6 heteroatoms. The third-order valence-electron chi connectivity index (χ3n) is 5.53. The lowest BCUT2D eigenvalue weighted by Gasteiger charge is -2.18. The topological polar surface area (TPSA) is 17.8 Å². The minimum atomic E-state index is -4.58. The first-order chi connectivity index (χ1) is 16.4. The summed E-state index contributed by atoms with van der Waals surface area (Å²) in [6, 6.07) is 32.2. The highest BCUT2D eigenvalue weighted by Gasteiger charge is 2.35. The summed E-state index contributed by atoms with van der Waals surface area (Å²) in [4.78, 5) is 4.06. The van der Waals surface area contributed by atoms with Crippen LogP contribution >= 0.6 is 15.9 Å². The van der Waals surface area contributed by atoms with Gasteiger partial charge in [-0.15, -0.1) is 0 Å². The molecule has 0 unspecified atom stereocenters. The summed E-state index contributed by atoms with van der Waals surface area (Å²) in [5.41, 5.74) is 3.69. The quantitative estimate of drug-likeness (QED) is 0.232. The fourth-order valence-corrected chi connectivity index (χ4v) is 4.42. The molecule has 0 bridgehead atoms. The third-order valence-corrected chi connectivity index (χ3v) is 6.02. The predicted molar refractivity (Wildman–Crippen MR) is 133 cm³/mol. The average Bonchev–Trinajstić information content (AvgIpc) is 3.31. The van der Waals surface area contributed by atoms with Crippen molar-refractivity contribution >= 4 is 15.9 Å². The standard InChI is InChI=1S/C28H18BrF3N2/c29-22-14-7-13-21(17-22)27-33-25(28(30,31)32)18-34(27)26-23(19-9-3-1-4-10-19)15-8-16-24(26)20-11-5-2-6-12-20/h1-18H. The maximum absolute atomic E-state index is 13.9. The van der Waals surface area contributed by atoms with Crippen molar-refractivity contribution in [2.75, 3.05) is 0 Å². The first kappa shape index (κ1) is 22.2. The van der Waals surface area contributed by atoms with Crippen molar-refractivity contribution in [3.8, 4) is 39.3 Å². The van der Waals surface area contributed by atoms with Crippen molar-refractivity contribution in [3.05, 3.63) is 119 Å². The van der Waals surface area contributed by atoms with Crippen molar-refractivity contribution in [1.82, 2.24) is 9.55 Å². The number of benzene rings is 4. The van der Waals surface area contributed by atoms with Gasteiger partial charge in [0.25, 0.3) is 0 Å². The Kier molecular flexibility index (Phi) is 5.84. The molecule has 1 aromatic heterocycles. The average molecular weight is 519 g/mol. The molecule has 34 heavy (non-hydrogen) atoms. The molecule has 0 saturated heterocycles. The monoisotopic (exact) mass is 518 g/mol. The summed E-state index contributed by atoms with van der Waals surface area (Å²) in [6.45, 7) is 0. The lowest BCUT2D eigenvalue weighted by Crippen LogP contribution is -2.05. The molecular weight excluding hydrogens is 501 g/mol. The highest BCUT2D eigenvalue weighted by Crippen LogP contribution is 2.40. The largest absolute Gasteiger partial charge is 0.434 e. The first-order valence-electron chi connectivity index (χ1n) is 10.6. The molecule has 0 aliphatic carbocycles. The zero-order chi connectivity index (χ0) is 23.7. The van der Waals surface area contributed by atoms with E-state index < -0.39 is 11.9 Å². The van der Waals surface area contributed by atoms with Crippen LogP contribution in [-0.2, 0) is 6.18 Å². The Morgan fingerprint density at radius 3 is 1.71 bits per heavy atom. The second kappa shape index (κ2) is 8.95. The fraction of sp³-hybridized carbons (Fsp3) is 0.0357. The zero-order valence-corrected chi connectivity index (χ0v) is 19.4. The lowest BCUT2D eigenvalue weighted by atomic mass is 9.95. The molecule has 5 aromatic rings. The highest BCUT2D eigenvalue weighted by molar-refractivity contribution is 9.10. The Hall–Kier alpha value is -3.64. The number of para-hydroxylation sites is 1. The van der Waals surface area contributed by atoms with E-state index >= 15 is 0 Å². The van der Waals surface area contributed by atoms with Gasteiger partial charge in [-0.2, -0.15) is 13.2 Å². The Labute approximate surface area is 203 Å². The van der Waals surface area contributed by atoms with Gasteiger partial charge in [-0.05, 0) is 23.3 Å². The molecule has 0 atom stereocenters. The van der Waals surface area contributed by atoms with Crippen LogP contribution in [0.4, 0.5) is 13.2 Å². The maximum Gasteiger partial charge on any atom is 0.434 e. The minimum Gasteiger partial charge on any atom is -0.298 e. The molecule has 0 amide bonds. The van der Waals surface area contributed by atoms with E-state index in [0.717, 1.165) is 32.9 Å². The summed E-state index contributed by atoms with van der Waals surface area (Å²) < 4.78 is 43.9. The first-order valence-corrected chi connectivity index (χ1v) is 11.4. The van der Waals surface area contributed by atoms with Crippen molar-refractivity contribution in [1.29, 1.82) is 0 Å². The summed E-state index contributed by atoms with van der Waals surface area (Å²) in [6.07, 6.45) is -3.49. The second-order valence-electron chi connectivity index (χ2n) is 7.76. The Morgan fingerprint density at radius 1 is 0.647 bits per heavy atom. The molecule has 0 radical (unpaired) electrons. The predicted octanol–water partition coefficient (Wildman–Crippen LogP) is 8.65. The van der Waals surface area contributed by atoms with E-state index in [2.05, 4.69) is 20.9 Å². The van der Waals surface area contributed by atoms with Gasteiger partial charge < -0.3 is 0 Å². The van der Waals surface area contributed by atoms with E-state index in [0.29, 0.717) is 11.3 Å². The highest BCUT2D eigenvalue weighted by atomic mass is 79.9. The maximum atomic E-state index is 13.9. The van der Waals surface area contributed by atoms with Crippen LogP contribution in [0.25, 0.3) is 39.3 Å². The van der Waals surface area contributed by atoms with Crippen molar-refractivity contribution in [3.63, 3.8) is 0 Å². The second-order valence-corrected chi connectivity index (χ2v) is 8.68. The van der Waals surface area contributed by atoms with Gasteiger partial charge >= 0.3 is 6.18 Å². The van der Waals surface area contributed by atoms with Gasteiger partial charge in [-0.1, -0.05) is 107 Å². The molecule has 0 spiro atoms. The van der Waals surface area contributed by atoms with Crippen LogP contribution in [0.1, 0.15) is 5.69 Å². The number of hydrogen-bond donors (Lipinski definition) is 0. The fourth-order valence-electron chi connectivity index (χ4n) is 4.02. The molecule has 1 heterocycles. The number of alkyl halides is 3. The number of imidazole rings is 1. The molecule has 0 aliphatic rings. The van der Waals surface area contributed by atoms with Gasteiger partial charge in [0, 0.05) is 27.4 Å². The van der Waals surface area contributed by atoms with Gasteiger partial charge in [0.05, 0.1) is 5.69 Å². The molecule has 5 rings (SSSR count). The van der Waals surface area contributed by atoms with Crippen molar-refractivity contribution in [2.45, 2.75) is 6.18 Å². The zero-order valence-electron chi connectivity index (χ0n) is 17.8. The van der Waals surface area contributed by atoms with Crippen LogP contribution in [0, 0.1) is 0 Å². The summed E-state index contributed by atoms with van der Waals surface area (Å²) >= 11 is 3.43. The number of nitrogens with zero attached hydrogens (tertiary/aromatic N) is 2. The normalized spacial score (nSPS) is 11.5. The van der Waals surface area contributed by atoms with E-state index in [1.807, 2.05) is 84.9 Å². The van der Waals surface area contributed by atoms with Crippen molar-refractivity contribution < 1.29 is 13.2 Å². The molecule has 4 aromatic carbocycles. The van der Waals surface area contributed by atoms with Gasteiger partial charge in [0.1, 0.15) is 5.82 Å². The molecule has 0 N–H and O–H groups in total. The van der Waals surface area contributed by atoms with Crippen LogP contribution in [0.5, 0.6) is 0 Å². The minimum absolute atomic E-state index is 0.217. The van der Waals surface area contributed by atoms with Gasteiger partial charge in [-0.25, -0.2) is 4.98 Å². The van der Waals surface area contributed by atoms with Crippen LogP contribution in [0.3, 0.4) is 0 Å². The number of halogens is 4. The van der Waals surface area contributed by atoms with Crippen molar-refractivity contribution in [2.24, 2.45) is 0 Å². The van der Waals surface area contributed by atoms with Gasteiger partial charge in [0.2, 0.25) is 0 Å². The summed E-state index contributed by atoms with van der Waals surface area (Å²) in [5, 5.41) is 0. The number of aromatic nitrogens is 2. The van der Waals surface area contributed by atoms with Gasteiger partial charge in [-0.3, -0.25) is 4.57 Å². The van der Waals surface area contributed by atoms with E-state index in [1.165, 1.54) is 0 Å². The van der Waals surface area contributed by atoms with Crippen LogP contribution in [-0.4, -0.2) is 9.55 Å². The summed E-state index contributed by atoms with van der Waals surface area (Å²) in [5.74, 6) is 0.217. The van der Waals surface area contributed by atoms with E-state index in [9.17, 15) is 13.2 Å². The van der Waals surface area contributed by atoms with Crippen LogP contribution < -0.4 is 0 Å². The third kappa shape index (κ3) is 4.29. The lowest BCUT2D eigenvalue weighted by molar-refractivity contribution is -0.140. The van der Waals surface area contributed by atoms with Crippen LogP contribution in [0.2, 0.25) is 0 Å². The van der Waals surface area contributed by atoms with E-state index in [4.69, 9.17) is 0 Å². The van der Waals surface area contributed by atoms with Gasteiger partial charge in [0.15, 0.2) is 5.69 Å². The molecule has 0 fully saturated rings.